The third-order valence-electron chi connectivity index (χ3n) is 3.29. The van der Waals surface area contributed by atoms with Gasteiger partial charge in [0.15, 0.2) is 0 Å². The lowest BCUT2D eigenvalue weighted by Crippen LogP contribution is -1.98. The molecule has 2 aromatic carbocycles. The highest BCUT2D eigenvalue weighted by molar-refractivity contribution is 7.98. The SMILES string of the molecule is CC(C)c1ccc(SCc2cc(CN)ccc2F)cc1. The molecule has 0 atom stereocenters. The Morgan fingerprint density at radius 3 is 2.40 bits per heavy atom. The molecule has 0 saturated heterocycles. The molecule has 0 aliphatic carbocycles. The van der Waals surface area contributed by atoms with E-state index < -0.39 is 0 Å². The molecule has 0 amide bonds. The first-order valence-electron chi connectivity index (χ1n) is 6.80. The molecular formula is C17H20FNS. The van der Waals surface area contributed by atoms with Gasteiger partial charge in [-0.15, -0.1) is 11.8 Å². The second-order valence-corrected chi connectivity index (χ2v) is 6.19. The zero-order chi connectivity index (χ0) is 14.5. The summed E-state index contributed by atoms with van der Waals surface area (Å²) in [6.45, 7) is 4.80. The van der Waals surface area contributed by atoms with Crippen molar-refractivity contribution in [2.45, 2.75) is 37.0 Å². The second kappa shape index (κ2) is 6.91. The molecular weight excluding hydrogens is 269 g/mol. The van der Waals surface area contributed by atoms with Crippen LogP contribution in [-0.2, 0) is 12.3 Å². The van der Waals surface area contributed by atoms with E-state index in [1.807, 2.05) is 6.07 Å². The van der Waals surface area contributed by atoms with E-state index in [2.05, 4.69) is 38.1 Å². The highest BCUT2D eigenvalue weighted by atomic mass is 32.2. The number of halogens is 1. The number of benzene rings is 2. The Morgan fingerprint density at radius 1 is 1.10 bits per heavy atom. The van der Waals surface area contributed by atoms with E-state index in [4.69, 9.17) is 5.73 Å². The first-order chi connectivity index (χ1) is 9.60. The Bertz CT molecular complexity index is 564. The summed E-state index contributed by atoms with van der Waals surface area (Å²) in [6.07, 6.45) is 0. The fraction of sp³-hybridized carbons (Fsp3) is 0.294. The molecule has 1 nitrogen and oxygen atoms in total. The zero-order valence-corrected chi connectivity index (χ0v) is 12.7. The average molecular weight is 289 g/mol. The van der Waals surface area contributed by atoms with Crippen LogP contribution in [0, 0.1) is 5.82 Å². The minimum Gasteiger partial charge on any atom is -0.326 e. The number of hydrogen-bond donors (Lipinski definition) is 1. The Balaban J connectivity index is 2.04. The van der Waals surface area contributed by atoms with Crippen LogP contribution in [0.3, 0.4) is 0 Å². The van der Waals surface area contributed by atoms with Crippen molar-refractivity contribution in [1.82, 2.24) is 0 Å². The number of rotatable bonds is 5. The molecule has 2 N–H and O–H groups in total. The molecule has 0 bridgehead atoms. The van der Waals surface area contributed by atoms with Crippen molar-refractivity contribution in [2.75, 3.05) is 0 Å². The van der Waals surface area contributed by atoms with Gasteiger partial charge in [0.1, 0.15) is 5.82 Å². The minimum absolute atomic E-state index is 0.159. The zero-order valence-electron chi connectivity index (χ0n) is 11.9. The lowest BCUT2D eigenvalue weighted by Gasteiger charge is -2.08. The van der Waals surface area contributed by atoms with Gasteiger partial charge in [-0.05, 0) is 40.8 Å². The lowest BCUT2D eigenvalue weighted by molar-refractivity contribution is 0.616. The topological polar surface area (TPSA) is 26.0 Å². The van der Waals surface area contributed by atoms with E-state index in [1.165, 1.54) is 11.6 Å². The van der Waals surface area contributed by atoms with Crippen LogP contribution in [0.5, 0.6) is 0 Å². The van der Waals surface area contributed by atoms with Gasteiger partial charge in [-0.2, -0.15) is 0 Å². The fourth-order valence-electron chi connectivity index (χ4n) is 1.98. The molecule has 2 aromatic rings. The van der Waals surface area contributed by atoms with Crippen molar-refractivity contribution in [3.8, 4) is 0 Å². The van der Waals surface area contributed by atoms with Crippen LogP contribution in [0.15, 0.2) is 47.4 Å². The summed E-state index contributed by atoms with van der Waals surface area (Å²) in [5.41, 5.74) is 8.60. The molecule has 0 aliphatic rings. The third kappa shape index (κ3) is 3.84. The fourth-order valence-corrected chi connectivity index (χ4v) is 2.85. The molecule has 0 saturated carbocycles. The molecule has 0 heterocycles. The molecule has 2 rings (SSSR count). The highest BCUT2D eigenvalue weighted by Gasteiger charge is 2.05. The van der Waals surface area contributed by atoms with E-state index in [0.29, 0.717) is 23.8 Å². The highest BCUT2D eigenvalue weighted by Crippen LogP contribution is 2.26. The van der Waals surface area contributed by atoms with E-state index >= 15 is 0 Å². The van der Waals surface area contributed by atoms with Crippen LogP contribution in [-0.4, -0.2) is 0 Å². The van der Waals surface area contributed by atoms with Crippen molar-refractivity contribution < 1.29 is 4.39 Å². The van der Waals surface area contributed by atoms with E-state index in [1.54, 1.807) is 17.8 Å². The molecule has 0 unspecified atom stereocenters. The summed E-state index contributed by atoms with van der Waals surface area (Å²) < 4.78 is 13.7. The van der Waals surface area contributed by atoms with E-state index in [9.17, 15) is 4.39 Å². The van der Waals surface area contributed by atoms with Crippen LogP contribution in [0.1, 0.15) is 36.5 Å². The maximum Gasteiger partial charge on any atom is 0.127 e. The first-order valence-corrected chi connectivity index (χ1v) is 7.79. The summed E-state index contributed by atoms with van der Waals surface area (Å²) in [4.78, 5) is 1.16. The third-order valence-corrected chi connectivity index (χ3v) is 4.35. The second-order valence-electron chi connectivity index (χ2n) is 5.14. The molecule has 0 radical (unpaired) electrons. The maximum absolute atomic E-state index is 13.7. The standard InChI is InChI=1S/C17H20FNS/c1-12(2)14-4-6-16(7-5-14)20-11-15-9-13(10-19)3-8-17(15)18/h3-9,12H,10-11,19H2,1-2H3. The van der Waals surface area contributed by atoms with Gasteiger partial charge in [0.25, 0.3) is 0 Å². The van der Waals surface area contributed by atoms with Gasteiger partial charge in [-0.1, -0.05) is 38.1 Å². The summed E-state index contributed by atoms with van der Waals surface area (Å²) in [5.74, 6) is 1.00. The maximum atomic E-state index is 13.7. The minimum atomic E-state index is -0.159. The van der Waals surface area contributed by atoms with Gasteiger partial charge in [0, 0.05) is 17.2 Å². The average Bonchev–Trinajstić information content (AvgIpc) is 2.47. The molecule has 20 heavy (non-hydrogen) atoms. The quantitative estimate of drug-likeness (QED) is 0.807. The lowest BCUT2D eigenvalue weighted by atomic mass is 10.0. The van der Waals surface area contributed by atoms with Crippen molar-refractivity contribution in [1.29, 1.82) is 0 Å². The van der Waals surface area contributed by atoms with Crippen LogP contribution in [0.25, 0.3) is 0 Å². The predicted molar refractivity (Wildman–Crippen MR) is 84.4 cm³/mol. The molecule has 0 aliphatic heterocycles. The normalized spacial score (nSPS) is 11.1. The monoisotopic (exact) mass is 289 g/mol. The first kappa shape index (κ1) is 15.1. The van der Waals surface area contributed by atoms with Gasteiger partial charge in [0.05, 0.1) is 0 Å². The number of nitrogens with two attached hydrogens (primary N) is 1. The molecule has 3 heteroatoms. The summed E-state index contributed by atoms with van der Waals surface area (Å²) in [6, 6.07) is 13.6. The van der Waals surface area contributed by atoms with Crippen LogP contribution in [0.4, 0.5) is 4.39 Å². The van der Waals surface area contributed by atoms with Crippen molar-refractivity contribution in [3.63, 3.8) is 0 Å². The van der Waals surface area contributed by atoms with Gasteiger partial charge in [-0.3, -0.25) is 0 Å². The van der Waals surface area contributed by atoms with Crippen LogP contribution < -0.4 is 5.73 Å². The largest absolute Gasteiger partial charge is 0.326 e. The number of thioether (sulfide) groups is 1. The Morgan fingerprint density at radius 2 is 1.80 bits per heavy atom. The number of hydrogen-bond acceptors (Lipinski definition) is 2. The predicted octanol–water partition coefficient (Wildman–Crippen LogP) is 4.70. The Labute approximate surface area is 124 Å². The van der Waals surface area contributed by atoms with Crippen molar-refractivity contribution >= 4 is 11.8 Å². The van der Waals surface area contributed by atoms with Gasteiger partial charge < -0.3 is 5.73 Å². The van der Waals surface area contributed by atoms with Crippen LogP contribution in [0.2, 0.25) is 0 Å². The Hall–Kier alpha value is -1.32. The summed E-state index contributed by atoms with van der Waals surface area (Å²) in [7, 11) is 0. The Kier molecular flexibility index (Phi) is 5.21. The summed E-state index contributed by atoms with van der Waals surface area (Å²) in [5, 5.41) is 0. The van der Waals surface area contributed by atoms with E-state index in [-0.39, 0.29) is 5.82 Å². The summed E-state index contributed by atoms with van der Waals surface area (Å²) >= 11 is 1.65. The van der Waals surface area contributed by atoms with Crippen molar-refractivity contribution in [3.05, 3.63) is 65.0 Å². The van der Waals surface area contributed by atoms with Crippen LogP contribution >= 0.6 is 11.8 Å². The molecule has 0 spiro atoms. The molecule has 0 fully saturated rings. The van der Waals surface area contributed by atoms with E-state index in [0.717, 1.165) is 10.5 Å². The van der Waals surface area contributed by atoms with Crippen molar-refractivity contribution in [2.24, 2.45) is 5.73 Å². The van der Waals surface area contributed by atoms with Gasteiger partial charge in [0.2, 0.25) is 0 Å². The molecule has 0 aromatic heterocycles. The smallest absolute Gasteiger partial charge is 0.127 e. The molecule has 106 valence electrons. The van der Waals surface area contributed by atoms with Gasteiger partial charge in [-0.25, -0.2) is 4.39 Å². The van der Waals surface area contributed by atoms with Gasteiger partial charge >= 0.3 is 0 Å².